The molecule has 11 atom stereocenters. The monoisotopic (exact) mass is 514 g/mol. The standard InChI is InChI=1S/C31H46O6/c1-18-9-14-30(34-17-18)19(2)31(36-21(4)33)27(37-30)16-26-24-8-7-22-15-23(35-20(3)32)10-12-28(22,5)25(24)11-13-29(26,31)6/h7,18-19,23-27H,8-17H2,1-6H3/t18?,19-,23?,24-,25+,26+,27+,28+,29+,30-,31-/m1/s1. The van der Waals surface area contributed by atoms with E-state index in [0.717, 1.165) is 57.8 Å². The van der Waals surface area contributed by atoms with E-state index in [-0.39, 0.29) is 40.9 Å². The number of carbonyl (C=O) groups is 2. The molecule has 0 amide bonds. The summed E-state index contributed by atoms with van der Waals surface area (Å²) in [6.07, 6.45) is 11.4. The fourth-order valence-corrected chi connectivity index (χ4v) is 10.4. The molecule has 37 heavy (non-hydrogen) atoms. The van der Waals surface area contributed by atoms with E-state index in [2.05, 4.69) is 33.8 Å². The maximum Gasteiger partial charge on any atom is 0.303 e. The van der Waals surface area contributed by atoms with Crippen molar-refractivity contribution in [2.45, 2.75) is 123 Å². The third-order valence-corrected chi connectivity index (χ3v) is 12.2. The summed E-state index contributed by atoms with van der Waals surface area (Å²) in [6.45, 7) is 13.1. The molecule has 1 spiro atoms. The van der Waals surface area contributed by atoms with Crippen LogP contribution in [0.15, 0.2) is 11.6 Å². The van der Waals surface area contributed by atoms with Gasteiger partial charge in [0.15, 0.2) is 11.4 Å². The van der Waals surface area contributed by atoms with Crippen molar-refractivity contribution in [1.29, 1.82) is 0 Å². The number of hydrogen-bond donors (Lipinski definition) is 0. The molecule has 0 radical (unpaired) electrons. The Morgan fingerprint density at radius 3 is 2.46 bits per heavy atom. The predicted octanol–water partition coefficient (Wildman–Crippen LogP) is 5.97. The molecule has 6 aliphatic rings. The van der Waals surface area contributed by atoms with Gasteiger partial charge < -0.3 is 18.9 Å². The van der Waals surface area contributed by atoms with Crippen molar-refractivity contribution in [3.05, 3.63) is 11.6 Å². The van der Waals surface area contributed by atoms with Gasteiger partial charge in [-0.05, 0) is 74.0 Å². The van der Waals surface area contributed by atoms with Gasteiger partial charge in [-0.15, -0.1) is 0 Å². The van der Waals surface area contributed by atoms with Gasteiger partial charge >= 0.3 is 11.9 Å². The van der Waals surface area contributed by atoms with E-state index in [1.165, 1.54) is 12.5 Å². The Balaban J connectivity index is 1.32. The van der Waals surface area contributed by atoms with Crippen LogP contribution in [0.1, 0.15) is 99.3 Å². The fraction of sp³-hybridized carbons (Fsp3) is 0.871. The van der Waals surface area contributed by atoms with Gasteiger partial charge in [-0.3, -0.25) is 9.59 Å². The minimum absolute atomic E-state index is 0.00241. The zero-order chi connectivity index (χ0) is 26.4. The maximum absolute atomic E-state index is 12.7. The number of carbonyl (C=O) groups excluding carboxylic acids is 2. The largest absolute Gasteiger partial charge is 0.462 e. The molecule has 2 unspecified atom stereocenters. The van der Waals surface area contributed by atoms with E-state index in [1.807, 2.05) is 0 Å². The van der Waals surface area contributed by atoms with Crippen LogP contribution in [0.4, 0.5) is 0 Å². The molecular weight excluding hydrogens is 468 g/mol. The second-order valence-corrected chi connectivity index (χ2v) is 13.9. The lowest BCUT2D eigenvalue weighted by atomic mass is 9.46. The highest BCUT2D eigenvalue weighted by Crippen LogP contribution is 2.73. The number of allylic oxidation sites excluding steroid dienone is 1. The van der Waals surface area contributed by atoms with Crippen LogP contribution < -0.4 is 0 Å². The summed E-state index contributed by atoms with van der Waals surface area (Å²) in [7, 11) is 0. The number of hydrogen-bond acceptors (Lipinski definition) is 6. The first kappa shape index (κ1) is 25.9. The lowest BCUT2D eigenvalue weighted by Gasteiger charge is -2.60. The van der Waals surface area contributed by atoms with Crippen molar-refractivity contribution < 1.29 is 28.5 Å². The second-order valence-electron chi connectivity index (χ2n) is 13.9. The summed E-state index contributed by atoms with van der Waals surface area (Å²) in [4.78, 5) is 24.3. The topological polar surface area (TPSA) is 71.1 Å². The van der Waals surface area contributed by atoms with E-state index in [9.17, 15) is 9.59 Å². The number of ether oxygens (including phenoxy) is 4. The van der Waals surface area contributed by atoms with Crippen LogP contribution in [-0.2, 0) is 28.5 Å². The van der Waals surface area contributed by atoms with Crippen molar-refractivity contribution in [2.75, 3.05) is 6.61 Å². The summed E-state index contributed by atoms with van der Waals surface area (Å²) in [5, 5.41) is 0. The van der Waals surface area contributed by atoms with Gasteiger partial charge in [-0.1, -0.05) is 39.3 Å². The summed E-state index contributed by atoms with van der Waals surface area (Å²) in [5.74, 6) is 1.11. The Hall–Kier alpha value is -1.40. The lowest BCUT2D eigenvalue weighted by molar-refractivity contribution is -0.274. The Morgan fingerprint density at radius 1 is 1.00 bits per heavy atom. The Labute approximate surface area is 222 Å². The van der Waals surface area contributed by atoms with Crippen molar-refractivity contribution in [3.8, 4) is 0 Å². The normalized spacial score (nSPS) is 52.4. The highest BCUT2D eigenvalue weighted by Gasteiger charge is 2.78. The van der Waals surface area contributed by atoms with Gasteiger partial charge in [0.2, 0.25) is 0 Å². The molecule has 206 valence electrons. The molecule has 2 heterocycles. The number of fused-ring (bicyclic) bond motifs is 7. The van der Waals surface area contributed by atoms with Gasteiger partial charge in [0.05, 0.1) is 12.5 Å². The molecule has 4 aliphatic carbocycles. The van der Waals surface area contributed by atoms with Crippen molar-refractivity contribution in [2.24, 2.45) is 40.4 Å². The lowest BCUT2D eigenvalue weighted by Crippen LogP contribution is -2.61. The number of rotatable bonds is 2. The van der Waals surface area contributed by atoms with Crippen LogP contribution in [0.3, 0.4) is 0 Å². The van der Waals surface area contributed by atoms with E-state index in [4.69, 9.17) is 18.9 Å². The quantitative estimate of drug-likeness (QED) is 0.334. The summed E-state index contributed by atoms with van der Waals surface area (Å²) >= 11 is 0. The first-order valence-corrected chi connectivity index (χ1v) is 14.8. The van der Waals surface area contributed by atoms with Gasteiger partial charge in [-0.2, -0.15) is 0 Å². The SMILES string of the molecule is CC(=O)OC1CC[C@@]2(C)C(=CC[C@@H]3[C@@H]2CC[C@@]2(C)[C@H]3C[C@@H]3O[C@]4(CCC(C)CO4)[C@@H](C)[C@@]32OC(C)=O)C1. The molecule has 6 nitrogen and oxygen atoms in total. The molecule has 5 fully saturated rings. The molecule has 2 aliphatic heterocycles. The predicted molar refractivity (Wildman–Crippen MR) is 138 cm³/mol. The second kappa shape index (κ2) is 8.55. The minimum Gasteiger partial charge on any atom is -0.462 e. The van der Waals surface area contributed by atoms with Crippen LogP contribution in [-0.4, -0.2) is 42.1 Å². The molecule has 2 saturated heterocycles. The van der Waals surface area contributed by atoms with Crippen molar-refractivity contribution in [3.63, 3.8) is 0 Å². The smallest absolute Gasteiger partial charge is 0.303 e. The minimum atomic E-state index is -0.646. The highest BCUT2D eigenvalue weighted by atomic mass is 16.7. The first-order chi connectivity index (χ1) is 17.4. The van der Waals surface area contributed by atoms with Crippen molar-refractivity contribution in [1.82, 2.24) is 0 Å². The molecule has 0 N–H and O–H groups in total. The Morgan fingerprint density at radius 2 is 1.78 bits per heavy atom. The van der Waals surface area contributed by atoms with Crippen molar-refractivity contribution >= 4 is 11.9 Å². The molecule has 0 bridgehead atoms. The van der Waals surface area contributed by atoms with Crippen LogP contribution in [0.25, 0.3) is 0 Å². The first-order valence-electron chi connectivity index (χ1n) is 14.8. The van der Waals surface area contributed by atoms with E-state index < -0.39 is 11.4 Å². The maximum atomic E-state index is 12.7. The fourth-order valence-electron chi connectivity index (χ4n) is 10.4. The highest BCUT2D eigenvalue weighted by molar-refractivity contribution is 5.67. The summed E-state index contributed by atoms with van der Waals surface area (Å²) in [6, 6.07) is 0. The summed E-state index contributed by atoms with van der Waals surface area (Å²) in [5.41, 5.74) is 0.864. The Kier molecular flexibility index (Phi) is 5.97. The van der Waals surface area contributed by atoms with Crippen LogP contribution in [0.2, 0.25) is 0 Å². The number of esters is 2. The van der Waals surface area contributed by atoms with Gasteiger partial charge in [0.1, 0.15) is 12.2 Å². The molecule has 3 saturated carbocycles. The van der Waals surface area contributed by atoms with E-state index in [1.54, 1.807) is 6.92 Å². The van der Waals surface area contributed by atoms with E-state index >= 15 is 0 Å². The van der Waals surface area contributed by atoms with Gasteiger partial charge in [0, 0.05) is 32.1 Å². The van der Waals surface area contributed by atoms with Crippen LogP contribution in [0.5, 0.6) is 0 Å². The molecule has 0 aromatic heterocycles. The molecular formula is C31H46O6. The Bertz CT molecular complexity index is 996. The molecule has 0 aromatic rings. The van der Waals surface area contributed by atoms with E-state index in [0.29, 0.717) is 30.3 Å². The molecule has 0 aromatic carbocycles. The summed E-state index contributed by atoms with van der Waals surface area (Å²) < 4.78 is 25.6. The van der Waals surface area contributed by atoms with Crippen LogP contribution in [0, 0.1) is 40.4 Å². The average Bonchev–Trinajstić information content (AvgIpc) is 3.20. The van der Waals surface area contributed by atoms with Gasteiger partial charge in [-0.25, -0.2) is 0 Å². The third kappa shape index (κ3) is 3.49. The molecule has 6 heteroatoms. The van der Waals surface area contributed by atoms with Crippen LogP contribution >= 0.6 is 0 Å². The third-order valence-electron chi connectivity index (χ3n) is 12.2. The zero-order valence-electron chi connectivity index (χ0n) is 23.6. The zero-order valence-corrected chi connectivity index (χ0v) is 23.6. The molecule has 6 rings (SSSR count). The average molecular weight is 515 g/mol. The van der Waals surface area contributed by atoms with Gasteiger partial charge in [0.25, 0.3) is 0 Å².